The van der Waals surface area contributed by atoms with E-state index in [4.69, 9.17) is 0 Å². The summed E-state index contributed by atoms with van der Waals surface area (Å²) in [7, 11) is 1.99. The maximum atomic E-state index is 4.22. The summed E-state index contributed by atoms with van der Waals surface area (Å²) < 4.78 is 0. The molecular weight excluding hydrogens is 208 g/mol. The van der Waals surface area contributed by atoms with E-state index in [1.165, 1.54) is 22.3 Å². The fraction of sp³-hybridized carbons (Fsp3) is 0.267. The summed E-state index contributed by atoms with van der Waals surface area (Å²) in [4.78, 5) is 4.22. The Labute approximate surface area is 103 Å². The highest BCUT2D eigenvalue weighted by Gasteiger charge is 2.13. The van der Waals surface area contributed by atoms with Gasteiger partial charge >= 0.3 is 0 Å². The number of hydrogen-bond acceptors (Lipinski definition) is 2. The van der Waals surface area contributed by atoms with Gasteiger partial charge in [-0.1, -0.05) is 29.8 Å². The zero-order valence-electron chi connectivity index (χ0n) is 10.6. The van der Waals surface area contributed by atoms with Crippen molar-refractivity contribution >= 4 is 0 Å². The van der Waals surface area contributed by atoms with Crippen molar-refractivity contribution in [1.29, 1.82) is 0 Å². The molecule has 0 spiro atoms. The van der Waals surface area contributed by atoms with Gasteiger partial charge in [-0.05, 0) is 43.7 Å². The molecule has 17 heavy (non-hydrogen) atoms. The van der Waals surface area contributed by atoms with Crippen molar-refractivity contribution < 1.29 is 0 Å². The quantitative estimate of drug-likeness (QED) is 0.870. The molecule has 88 valence electrons. The molecule has 1 heterocycles. The van der Waals surface area contributed by atoms with Crippen LogP contribution in [0.1, 0.15) is 28.3 Å². The molecule has 2 heteroatoms. The second kappa shape index (κ2) is 5.11. The van der Waals surface area contributed by atoms with E-state index in [1.54, 1.807) is 0 Å². The molecule has 2 aromatic rings. The van der Waals surface area contributed by atoms with Crippen LogP contribution < -0.4 is 5.32 Å². The van der Waals surface area contributed by atoms with E-state index in [0.717, 1.165) is 0 Å². The van der Waals surface area contributed by atoms with Gasteiger partial charge in [-0.2, -0.15) is 0 Å². The molecule has 1 N–H and O–H groups in total. The minimum atomic E-state index is 0.212. The molecule has 2 rings (SSSR count). The Hall–Kier alpha value is -1.67. The first-order valence-electron chi connectivity index (χ1n) is 5.86. The van der Waals surface area contributed by atoms with Gasteiger partial charge in [0.1, 0.15) is 0 Å². The van der Waals surface area contributed by atoms with Gasteiger partial charge in [0.05, 0.1) is 6.04 Å². The lowest BCUT2D eigenvalue weighted by Crippen LogP contribution is -2.18. The molecule has 1 aromatic carbocycles. The molecule has 0 radical (unpaired) electrons. The monoisotopic (exact) mass is 226 g/mol. The summed E-state index contributed by atoms with van der Waals surface area (Å²) in [6.45, 7) is 4.24. The lowest BCUT2D eigenvalue weighted by Gasteiger charge is -2.19. The van der Waals surface area contributed by atoms with Gasteiger partial charge in [-0.25, -0.2) is 0 Å². The van der Waals surface area contributed by atoms with Gasteiger partial charge in [0.2, 0.25) is 0 Å². The second-order valence-corrected chi connectivity index (χ2v) is 4.37. The van der Waals surface area contributed by atoms with Gasteiger partial charge in [0.25, 0.3) is 0 Å². The highest BCUT2D eigenvalue weighted by molar-refractivity contribution is 5.36. The Kier molecular flexibility index (Phi) is 3.55. The second-order valence-electron chi connectivity index (χ2n) is 4.37. The molecule has 0 bridgehead atoms. The van der Waals surface area contributed by atoms with Crippen molar-refractivity contribution in [2.24, 2.45) is 0 Å². The van der Waals surface area contributed by atoms with Crippen LogP contribution in [0.3, 0.4) is 0 Å². The largest absolute Gasteiger partial charge is 0.309 e. The third kappa shape index (κ3) is 2.53. The van der Waals surface area contributed by atoms with Crippen molar-refractivity contribution in [2.45, 2.75) is 19.9 Å². The number of rotatable bonds is 3. The van der Waals surface area contributed by atoms with E-state index in [2.05, 4.69) is 54.5 Å². The van der Waals surface area contributed by atoms with Gasteiger partial charge in [-0.15, -0.1) is 0 Å². The average molecular weight is 226 g/mol. The normalized spacial score (nSPS) is 12.4. The predicted octanol–water partition coefficient (Wildman–Crippen LogP) is 3.01. The van der Waals surface area contributed by atoms with Gasteiger partial charge in [0, 0.05) is 12.4 Å². The number of aryl methyl sites for hydroxylation is 2. The highest BCUT2D eigenvalue weighted by atomic mass is 14.9. The minimum absolute atomic E-state index is 0.212. The molecule has 1 aromatic heterocycles. The van der Waals surface area contributed by atoms with E-state index in [9.17, 15) is 0 Å². The fourth-order valence-corrected chi connectivity index (χ4v) is 2.13. The number of pyridine rings is 1. The molecule has 0 aliphatic carbocycles. The van der Waals surface area contributed by atoms with Gasteiger partial charge in [-0.3, -0.25) is 4.98 Å². The van der Waals surface area contributed by atoms with E-state index in [-0.39, 0.29) is 6.04 Å². The molecule has 1 unspecified atom stereocenters. The Morgan fingerprint density at radius 2 is 2.00 bits per heavy atom. The molecule has 0 saturated heterocycles. The zero-order chi connectivity index (χ0) is 12.3. The van der Waals surface area contributed by atoms with Crippen LogP contribution in [0.15, 0.2) is 42.7 Å². The van der Waals surface area contributed by atoms with Crippen molar-refractivity contribution in [2.75, 3.05) is 7.05 Å². The number of benzene rings is 1. The van der Waals surface area contributed by atoms with E-state index in [1.807, 2.05) is 19.4 Å². The number of nitrogens with one attached hydrogen (secondary N) is 1. The molecule has 0 fully saturated rings. The molecule has 1 atom stereocenters. The summed E-state index contributed by atoms with van der Waals surface area (Å²) in [5, 5.41) is 3.36. The van der Waals surface area contributed by atoms with Gasteiger partial charge in [0.15, 0.2) is 0 Å². The van der Waals surface area contributed by atoms with Gasteiger partial charge < -0.3 is 5.32 Å². The highest BCUT2D eigenvalue weighted by Crippen LogP contribution is 2.24. The van der Waals surface area contributed by atoms with Crippen molar-refractivity contribution in [3.63, 3.8) is 0 Å². The molecule has 0 amide bonds. The third-order valence-electron chi connectivity index (χ3n) is 3.05. The van der Waals surface area contributed by atoms with Crippen LogP contribution in [0.5, 0.6) is 0 Å². The van der Waals surface area contributed by atoms with Crippen LogP contribution >= 0.6 is 0 Å². The van der Waals surface area contributed by atoms with Crippen LogP contribution in [-0.2, 0) is 0 Å². The summed E-state index contributed by atoms with van der Waals surface area (Å²) in [6.07, 6.45) is 3.78. The first-order valence-corrected chi connectivity index (χ1v) is 5.86. The van der Waals surface area contributed by atoms with E-state index in [0.29, 0.717) is 0 Å². The van der Waals surface area contributed by atoms with E-state index >= 15 is 0 Å². The van der Waals surface area contributed by atoms with Crippen LogP contribution in [0.25, 0.3) is 0 Å². The number of hydrogen-bond donors (Lipinski definition) is 1. The zero-order valence-corrected chi connectivity index (χ0v) is 10.6. The van der Waals surface area contributed by atoms with Crippen LogP contribution in [0.2, 0.25) is 0 Å². The van der Waals surface area contributed by atoms with Crippen molar-refractivity contribution in [1.82, 2.24) is 10.3 Å². The maximum absolute atomic E-state index is 4.22. The SMILES string of the molecule is CNC(c1cccc(C)c1)c1cnccc1C. The Balaban J connectivity index is 2.44. The minimum Gasteiger partial charge on any atom is -0.309 e. The Bertz CT molecular complexity index is 506. The lowest BCUT2D eigenvalue weighted by molar-refractivity contribution is 0.684. The van der Waals surface area contributed by atoms with Crippen LogP contribution in [0, 0.1) is 13.8 Å². The molecule has 2 nitrogen and oxygen atoms in total. The third-order valence-corrected chi connectivity index (χ3v) is 3.05. The van der Waals surface area contributed by atoms with E-state index < -0.39 is 0 Å². The summed E-state index contributed by atoms with van der Waals surface area (Å²) >= 11 is 0. The Morgan fingerprint density at radius 1 is 1.18 bits per heavy atom. The molecular formula is C15H18N2. The van der Waals surface area contributed by atoms with Crippen LogP contribution in [-0.4, -0.2) is 12.0 Å². The smallest absolute Gasteiger partial charge is 0.0592 e. The van der Waals surface area contributed by atoms with Crippen molar-refractivity contribution in [3.8, 4) is 0 Å². The topological polar surface area (TPSA) is 24.9 Å². The number of nitrogens with zero attached hydrogens (tertiary/aromatic N) is 1. The summed E-state index contributed by atoms with van der Waals surface area (Å²) in [6, 6.07) is 10.8. The first kappa shape index (κ1) is 11.8. The standard InChI is InChI=1S/C15H18N2/c1-11-5-4-6-13(9-11)15(16-3)14-10-17-8-7-12(14)2/h4-10,15-16H,1-3H3. The first-order chi connectivity index (χ1) is 8.22. The average Bonchev–Trinajstić information content (AvgIpc) is 2.33. The molecule has 0 aliphatic heterocycles. The van der Waals surface area contributed by atoms with Crippen LogP contribution in [0.4, 0.5) is 0 Å². The maximum Gasteiger partial charge on any atom is 0.0592 e. The fourth-order valence-electron chi connectivity index (χ4n) is 2.13. The Morgan fingerprint density at radius 3 is 2.65 bits per heavy atom. The summed E-state index contributed by atoms with van der Waals surface area (Å²) in [5.74, 6) is 0. The summed E-state index contributed by atoms with van der Waals surface area (Å²) in [5.41, 5.74) is 5.06. The lowest BCUT2D eigenvalue weighted by atomic mass is 9.96. The predicted molar refractivity (Wildman–Crippen MR) is 71.1 cm³/mol. The molecule has 0 aliphatic rings. The van der Waals surface area contributed by atoms with Crippen molar-refractivity contribution in [3.05, 3.63) is 65.0 Å². The molecule has 0 saturated carbocycles. The number of aromatic nitrogens is 1.